The lowest BCUT2D eigenvalue weighted by Crippen LogP contribution is -2.31. The summed E-state index contributed by atoms with van der Waals surface area (Å²) < 4.78 is 44.2. The predicted molar refractivity (Wildman–Crippen MR) is 114 cm³/mol. The maximum Gasteiger partial charge on any atom is 0.271 e. The van der Waals surface area contributed by atoms with E-state index in [1.807, 2.05) is 0 Å². The number of rotatable bonds is 7. The fraction of sp³-hybridized carbons (Fsp3) is 0.150. The molecule has 0 saturated heterocycles. The molecule has 1 aliphatic rings. The SMILES string of the molecule is COc1ccnc(NNC(=O)c2ccccc2NS(=O)(=O)c2ccc3c(c2)OCCO3)n1. The lowest BCUT2D eigenvalue weighted by Gasteiger charge is -2.19. The number of sulfonamides is 1. The fourth-order valence-electron chi connectivity index (χ4n) is 2.86. The molecule has 166 valence electrons. The number of methoxy groups -OCH3 is 1. The first-order valence-electron chi connectivity index (χ1n) is 9.41. The average molecular weight is 457 g/mol. The van der Waals surface area contributed by atoms with Crippen LogP contribution in [0.5, 0.6) is 17.4 Å². The molecular weight excluding hydrogens is 438 g/mol. The van der Waals surface area contributed by atoms with Crippen molar-refractivity contribution in [3.8, 4) is 17.4 Å². The Bertz CT molecular complexity index is 1250. The first-order valence-corrected chi connectivity index (χ1v) is 10.9. The molecular formula is C20H19N5O6S. The number of para-hydroxylation sites is 1. The normalized spacial score (nSPS) is 12.5. The maximum atomic E-state index is 12.9. The summed E-state index contributed by atoms with van der Waals surface area (Å²) in [5.74, 6) is 0.627. The standard InChI is InChI=1S/C20H19N5O6S/c1-29-18-8-9-21-20(22-18)24-23-19(26)14-4-2-3-5-15(14)25-32(27,28)13-6-7-16-17(12-13)31-11-10-30-16/h2-9,12,25H,10-11H2,1H3,(H,23,26)(H,21,22,24). The Morgan fingerprint density at radius 2 is 1.84 bits per heavy atom. The summed E-state index contributed by atoms with van der Waals surface area (Å²) >= 11 is 0. The predicted octanol–water partition coefficient (Wildman–Crippen LogP) is 1.81. The molecule has 32 heavy (non-hydrogen) atoms. The van der Waals surface area contributed by atoms with Crippen molar-refractivity contribution in [2.75, 3.05) is 30.5 Å². The number of hydrogen-bond donors (Lipinski definition) is 3. The number of aromatic nitrogens is 2. The highest BCUT2D eigenvalue weighted by atomic mass is 32.2. The molecule has 0 unspecified atom stereocenters. The van der Waals surface area contributed by atoms with Gasteiger partial charge in [-0.05, 0) is 24.3 Å². The molecule has 1 aliphatic heterocycles. The number of carbonyl (C=O) groups is 1. The van der Waals surface area contributed by atoms with E-state index in [9.17, 15) is 13.2 Å². The van der Waals surface area contributed by atoms with E-state index in [0.717, 1.165) is 0 Å². The monoisotopic (exact) mass is 457 g/mol. The summed E-state index contributed by atoms with van der Waals surface area (Å²) in [6.45, 7) is 0.728. The smallest absolute Gasteiger partial charge is 0.271 e. The van der Waals surface area contributed by atoms with E-state index < -0.39 is 15.9 Å². The van der Waals surface area contributed by atoms with Crippen LogP contribution in [0.3, 0.4) is 0 Å². The Morgan fingerprint density at radius 1 is 1.06 bits per heavy atom. The fourth-order valence-corrected chi connectivity index (χ4v) is 3.96. The number of hydrazine groups is 1. The molecule has 0 aliphatic carbocycles. The third kappa shape index (κ3) is 4.64. The molecule has 0 spiro atoms. The molecule has 0 atom stereocenters. The highest BCUT2D eigenvalue weighted by Gasteiger charge is 2.22. The maximum absolute atomic E-state index is 12.9. The quantitative estimate of drug-likeness (QED) is 0.453. The molecule has 3 N–H and O–H groups in total. The van der Waals surface area contributed by atoms with E-state index >= 15 is 0 Å². The van der Waals surface area contributed by atoms with Crippen LogP contribution in [0, 0.1) is 0 Å². The Labute approximate surface area is 183 Å². The van der Waals surface area contributed by atoms with Gasteiger partial charge in [0, 0.05) is 18.3 Å². The second-order valence-corrected chi connectivity index (χ2v) is 8.14. The zero-order chi connectivity index (χ0) is 22.6. The molecule has 1 amide bonds. The molecule has 2 aromatic carbocycles. The van der Waals surface area contributed by atoms with Gasteiger partial charge < -0.3 is 14.2 Å². The Morgan fingerprint density at radius 3 is 2.66 bits per heavy atom. The first-order chi connectivity index (χ1) is 15.5. The average Bonchev–Trinajstić information content (AvgIpc) is 2.82. The van der Waals surface area contributed by atoms with Crippen molar-refractivity contribution in [3.63, 3.8) is 0 Å². The second kappa shape index (κ2) is 8.98. The summed E-state index contributed by atoms with van der Waals surface area (Å²) in [5, 5.41) is 0. The van der Waals surface area contributed by atoms with Crippen molar-refractivity contribution >= 4 is 27.6 Å². The van der Waals surface area contributed by atoms with Gasteiger partial charge in [-0.3, -0.25) is 20.4 Å². The lowest BCUT2D eigenvalue weighted by molar-refractivity contribution is 0.0963. The van der Waals surface area contributed by atoms with Crippen molar-refractivity contribution in [1.82, 2.24) is 15.4 Å². The van der Waals surface area contributed by atoms with E-state index in [1.165, 1.54) is 43.6 Å². The van der Waals surface area contributed by atoms with Crippen molar-refractivity contribution < 1.29 is 27.4 Å². The van der Waals surface area contributed by atoms with Crippen LogP contribution in [0.25, 0.3) is 0 Å². The Kier molecular flexibility index (Phi) is 5.94. The molecule has 11 nitrogen and oxygen atoms in total. The number of fused-ring (bicyclic) bond motifs is 1. The third-order valence-corrected chi connectivity index (χ3v) is 5.73. The van der Waals surface area contributed by atoms with Gasteiger partial charge >= 0.3 is 0 Å². The van der Waals surface area contributed by atoms with Gasteiger partial charge in [0.1, 0.15) is 13.2 Å². The van der Waals surface area contributed by atoms with E-state index in [4.69, 9.17) is 14.2 Å². The number of carbonyl (C=O) groups excluding carboxylic acids is 1. The highest BCUT2D eigenvalue weighted by molar-refractivity contribution is 7.92. The van der Waals surface area contributed by atoms with Gasteiger partial charge in [-0.15, -0.1) is 0 Å². The van der Waals surface area contributed by atoms with Crippen molar-refractivity contribution in [3.05, 3.63) is 60.3 Å². The van der Waals surface area contributed by atoms with Crippen LogP contribution in [0.4, 0.5) is 11.6 Å². The summed E-state index contributed by atoms with van der Waals surface area (Å²) in [4.78, 5) is 20.6. The molecule has 3 aromatic rings. The van der Waals surface area contributed by atoms with E-state index in [2.05, 4.69) is 25.5 Å². The van der Waals surface area contributed by atoms with Crippen LogP contribution in [-0.4, -0.2) is 44.6 Å². The van der Waals surface area contributed by atoms with Gasteiger partial charge in [0.2, 0.25) is 11.8 Å². The second-order valence-electron chi connectivity index (χ2n) is 6.46. The van der Waals surface area contributed by atoms with E-state index in [0.29, 0.717) is 30.6 Å². The molecule has 0 radical (unpaired) electrons. The molecule has 0 saturated carbocycles. The number of anilines is 2. The van der Waals surface area contributed by atoms with Crippen molar-refractivity contribution in [1.29, 1.82) is 0 Å². The molecule has 0 bridgehead atoms. The highest BCUT2D eigenvalue weighted by Crippen LogP contribution is 2.33. The molecule has 2 heterocycles. The molecule has 12 heteroatoms. The van der Waals surface area contributed by atoms with E-state index in [1.54, 1.807) is 18.2 Å². The number of benzene rings is 2. The number of ether oxygens (including phenoxy) is 3. The van der Waals surface area contributed by atoms with Gasteiger partial charge in [0.15, 0.2) is 11.5 Å². The van der Waals surface area contributed by atoms with Crippen LogP contribution in [0.1, 0.15) is 10.4 Å². The minimum Gasteiger partial charge on any atom is -0.486 e. The van der Waals surface area contributed by atoms with Gasteiger partial charge in [0.05, 0.1) is 23.3 Å². The van der Waals surface area contributed by atoms with Crippen LogP contribution < -0.4 is 29.8 Å². The zero-order valence-electron chi connectivity index (χ0n) is 16.9. The number of nitrogens with zero attached hydrogens (tertiary/aromatic N) is 2. The summed E-state index contributed by atoms with van der Waals surface area (Å²) in [6.07, 6.45) is 1.45. The first kappa shape index (κ1) is 21.2. The third-order valence-electron chi connectivity index (χ3n) is 4.37. The minimum absolute atomic E-state index is 0.0279. The zero-order valence-corrected chi connectivity index (χ0v) is 17.7. The van der Waals surface area contributed by atoms with Crippen molar-refractivity contribution in [2.24, 2.45) is 0 Å². The van der Waals surface area contributed by atoms with Gasteiger partial charge in [-0.1, -0.05) is 12.1 Å². The van der Waals surface area contributed by atoms with Crippen LogP contribution in [0.15, 0.2) is 59.6 Å². The lowest BCUT2D eigenvalue weighted by atomic mass is 10.2. The van der Waals surface area contributed by atoms with Gasteiger partial charge in [-0.2, -0.15) is 4.98 Å². The topological polar surface area (TPSA) is 141 Å². The number of nitrogens with one attached hydrogen (secondary N) is 3. The van der Waals surface area contributed by atoms with Crippen LogP contribution >= 0.6 is 0 Å². The molecule has 1 aromatic heterocycles. The molecule has 0 fully saturated rings. The van der Waals surface area contributed by atoms with Crippen LogP contribution in [-0.2, 0) is 10.0 Å². The summed E-state index contributed by atoms with van der Waals surface area (Å²) in [6, 6.07) is 12.0. The van der Waals surface area contributed by atoms with E-state index in [-0.39, 0.29) is 22.1 Å². The Balaban J connectivity index is 1.52. The van der Waals surface area contributed by atoms with Crippen LogP contribution in [0.2, 0.25) is 0 Å². The Hall–Kier alpha value is -4.06. The summed E-state index contributed by atoms with van der Waals surface area (Å²) in [5.41, 5.74) is 5.17. The van der Waals surface area contributed by atoms with Gasteiger partial charge in [-0.25, -0.2) is 13.4 Å². The number of amides is 1. The van der Waals surface area contributed by atoms with Crippen molar-refractivity contribution in [2.45, 2.75) is 4.90 Å². The van der Waals surface area contributed by atoms with Gasteiger partial charge in [0.25, 0.3) is 15.9 Å². The largest absolute Gasteiger partial charge is 0.486 e. The summed E-state index contributed by atoms with van der Waals surface area (Å²) in [7, 11) is -2.55. The molecule has 4 rings (SSSR count). The minimum atomic E-state index is -4.01. The number of hydrogen-bond acceptors (Lipinski definition) is 9.